The van der Waals surface area contributed by atoms with Crippen LogP contribution in [0.15, 0.2) is 164 Å². The number of fused-ring (bicyclic) bond motifs is 6. The minimum absolute atomic E-state index is 0.0416. The number of ether oxygens (including phenoxy) is 1. The second kappa shape index (κ2) is 13.5. The maximum atomic E-state index is 7.46. The summed E-state index contributed by atoms with van der Waals surface area (Å²) in [4.78, 5) is 0. The van der Waals surface area contributed by atoms with Gasteiger partial charge >= 0.3 is 8.45 Å². The Bertz CT molecular complexity index is 3020. The minimum atomic E-state index is -1.46. The van der Waals surface area contributed by atoms with E-state index in [1.54, 1.807) is 0 Å². The van der Waals surface area contributed by atoms with E-state index >= 15 is 0 Å². The van der Waals surface area contributed by atoms with Gasteiger partial charge in [0, 0.05) is 45.9 Å². The van der Waals surface area contributed by atoms with Crippen molar-refractivity contribution in [1.82, 2.24) is 13.0 Å². The number of para-hydroxylation sites is 3. The lowest BCUT2D eigenvalue weighted by Gasteiger charge is -2.37. The highest BCUT2D eigenvalue weighted by Crippen LogP contribution is 2.62. The summed E-state index contributed by atoms with van der Waals surface area (Å²) in [5.41, 5.74) is 9.90. The van der Waals surface area contributed by atoms with Crippen molar-refractivity contribution >= 4 is 55.5 Å². The number of aryl methyl sites for hydroxylation is 2. The second-order valence-corrected chi connectivity index (χ2v) is 19.2. The van der Waals surface area contributed by atoms with E-state index in [1.165, 1.54) is 16.5 Å². The first-order valence-electron chi connectivity index (χ1n) is 19.7. The largest absolute Gasteiger partial charge is 0.449 e. The van der Waals surface area contributed by atoms with Gasteiger partial charge in [-0.1, -0.05) is 117 Å². The van der Waals surface area contributed by atoms with E-state index in [0.29, 0.717) is 5.75 Å². The van der Waals surface area contributed by atoms with Crippen LogP contribution in [-0.4, -0.2) is 13.0 Å². The van der Waals surface area contributed by atoms with Crippen molar-refractivity contribution in [2.45, 2.75) is 38.8 Å². The molecule has 9 aromatic rings. The van der Waals surface area contributed by atoms with Crippen LogP contribution in [0, 0.1) is 13.8 Å². The lowest BCUT2D eigenvalue weighted by molar-refractivity contribution is 0.384. The zero-order valence-electron chi connectivity index (χ0n) is 32.7. The Labute approximate surface area is 340 Å². The zero-order valence-corrected chi connectivity index (χ0v) is 34.5. The van der Waals surface area contributed by atoms with Crippen molar-refractivity contribution in [3.63, 3.8) is 0 Å². The minimum Gasteiger partial charge on any atom is -0.449 e. The first kappa shape index (κ1) is 35.1. The summed E-state index contributed by atoms with van der Waals surface area (Å²) in [5, 5.41) is 3.51. The third-order valence-electron chi connectivity index (χ3n) is 11.6. The lowest BCUT2D eigenvalue weighted by atomic mass is 9.74. The predicted molar refractivity (Wildman–Crippen MR) is 240 cm³/mol. The van der Waals surface area contributed by atoms with Crippen LogP contribution in [0.2, 0.25) is 0 Å². The van der Waals surface area contributed by atoms with Gasteiger partial charge in [-0.25, -0.2) is 0 Å². The molecule has 1 aliphatic heterocycles. The van der Waals surface area contributed by atoms with Gasteiger partial charge in [0.15, 0.2) is 23.0 Å². The van der Waals surface area contributed by atoms with Crippen molar-refractivity contribution in [2.24, 2.45) is 0 Å². The van der Waals surface area contributed by atoms with E-state index < -0.39 is 22.2 Å². The van der Waals surface area contributed by atoms with Crippen molar-refractivity contribution in [3.8, 4) is 23.0 Å². The summed E-state index contributed by atoms with van der Waals surface area (Å²) < 4.78 is 29.0. The molecule has 0 bridgehead atoms. The van der Waals surface area contributed by atoms with Crippen molar-refractivity contribution < 1.29 is 13.8 Å². The number of aromatic nitrogens is 3. The summed E-state index contributed by atoms with van der Waals surface area (Å²) >= 11 is 0. The van der Waals surface area contributed by atoms with Crippen LogP contribution in [0.1, 0.15) is 52.9 Å². The average Bonchev–Trinajstić information content (AvgIpc) is 4.05. The van der Waals surface area contributed by atoms with Gasteiger partial charge in [-0.2, -0.15) is 0 Å². The highest BCUT2D eigenvalue weighted by atomic mass is 31.2. The van der Waals surface area contributed by atoms with Gasteiger partial charge in [0.2, 0.25) is 8.30 Å². The molecule has 0 fully saturated rings. The van der Waals surface area contributed by atoms with E-state index in [4.69, 9.17) is 13.8 Å². The number of hydrogen-bond acceptors (Lipinski definition) is 3. The average molecular weight is 794 g/mol. The highest BCUT2D eigenvalue weighted by molar-refractivity contribution is 7.52. The van der Waals surface area contributed by atoms with Gasteiger partial charge in [-0.3, -0.25) is 13.0 Å². The smallest absolute Gasteiger partial charge is 0.318 e. The summed E-state index contributed by atoms with van der Waals surface area (Å²) in [6.07, 6.45) is 11.0. The van der Waals surface area contributed by atoms with Crippen LogP contribution in [0.25, 0.3) is 38.8 Å². The third-order valence-corrected chi connectivity index (χ3v) is 15.5. The Morgan fingerprint density at radius 2 is 1.03 bits per heavy atom. The molecule has 284 valence electrons. The van der Waals surface area contributed by atoms with Crippen molar-refractivity contribution in [2.75, 3.05) is 0 Å². The lowest BCUT2D eigenvalue weighted by Crippen LogP contribution is -2.25. The van der Waals surface area contributed by atoms with Crippen LogP contribution < -0.4 is 13.8 Å². The number of nitrogens with zero attached hydrogens (tertiary/aromatic N) is 3. The molecule has 6 aromatic carbocycles. The quantitative estimate of drug-likeness (QED) is 0.144. The van der Waals surface area contributed by atoms with Gasteiger partial charge < -0.3 is 13.8 Å². The van der Waals surface area contributed by atoms with Crippen LogP contribution in [0.3, 0.4) is 0 Å². The molecule has 0 radical (unpaired) electrons. The number of allylic oxidation sites excluding steroid dienone is 1. The molecule has 0 saturated heterocycles. The van der Waals surface area contributed by atoms with Crippen LogP contribution in [-0.2, 0) is 5.41 Å². The molecule has 2 aliphatic rings. The molecule has 4 heterocycles. The van der Waals surface area contributed by atoms with E-state index in [-0.39, 0.29) is 5.66 Å². The third kappa shape index (κ3) is 5.62. The molecular weight excluding hydrogens is 753 g/mol. The summed E-state index contributed by atoms with van der Waals surface area (Å²) in [5.74, 6) is 2.89. The van der Waals surface area contributed by atoms with Crippen molar-refractivity contribution in [1.29, 1.82) is 0 Å². The molecule has 8 heteroatoms. The Morgan fingerprint density at radius 1 is 0.552 bits per heavy atom. The first-order chi connectivity index (χ1) is 28.3. The Hall–Kier alpha value is -6.06. The van der Waals surface area contributed by atoms with Gasteiger partial charge in [-0.15, -0.1) is 0 Å². The molecule has 0 amide bonds. The van der Waals surface area contributed by atoms with Crippen LogP contribution >= 0.6 is 16.7 Å². The van der Waals surface area contributed by atoms with Crippen molar-refractivity contribution in [3.05, 3.63) is 198 Å². The molecule has 3 aromatic heterocycles. The van der Waals surface area contributed by atoms with Crippen LogP contribution in [0.5, 0.6) is 23.0 Å². The fourth-order valence-corrected chi connectivity index (χ4v) is 12.6. The molecule has 11 rings (SSSR count). The molecule has 0 spiro atoms. The van der Waals surface area contributed by atoms with Gasteiger partial charge in [0.1, 0.15) is 0 Å². The van der Waals surface area contributed by atoms with Gasteiger partial charge in [0.25, 0.3) is 0 Å². The van der Waals surface area contributed by atoms with Gasteiger partial charge in [-0.05, 0) is 90.0 Å². The molecule has 2 atom stereocenters. The number of benzene rings is 6. The Kier molecular flexibility index (Phi) is 8.19. The molecule has 6 nitrogen and oxygen atoms in total. The SMILES string of the molecule is Cc1cc(OP(C2C=Cc3ccccc32)n2ccc3ccccc32)c2c(c1)C(C)(C)c1cc(C)cc(OP(n3ccc4ccccc43)n3ccc4ccccc43)c1O2. The predicted octanol–water partition coefficient (Wildman–Crippen LogP) is 14.3. The Morgan fingerprint density at radius 3 is 1.62 bits per heavy atom. The van der Waals surface area contributed by atoms with E-state index in [0.717, 1.165) is 66.8 Å². The molecule has 58 heavy (non-hydrogen) atoms. The highest BCUT2D eigenvalue weighted by Gasteiger charge is 2.40. The van der Waals surface area contributed by atoms with E-state index in [1.807, 2.05) is 0 Å². The Balaban J connectivity index is 1.06. The molecule has 2 unspecified atom stereocenters. The molecule has 1 aliphatic carbocycles. The van der Waals surface area contributed by atoms with Gasteiger partial charge in [0.05, 0.1) is 22.2 Å². The number of rotatable bonds is 8. The van der Waals surface area contributed by atoms with E-state index in [2.05, 4.69) is 211 Å². The number of hydrogen-bond donors (Lipinski definition) is 0. The summed E-state index contributed by atoms with van der Waals surface area (Å²) in [6, 6.07) is 49.5. The summed E-state index contributed by atoms with van der Waals surface area (Å²) in [6.45, 7) is 8.88. The van der Waals surface area contributed by atoms with Crippen LogP contribution in [0.4, 0.5) is 0 Å². The second-order valence-electron chi connectivity index (χ2n) is 15.8. The molecule has 0 N–H and O–H groups in total. The fourth-order valence-electron chi connectivity index (χ4n) is 8.72. The monoisotopic (exact) mass is 793 g/mol. The fraction of sp³-hybridized carbons (Fsp3) is 0.120. The maximum absolute atomic E-state index is 7.46. The standard InChI is InChI=1S/C50H41N3O3P2/c1-33-29-40-48(45(31-33)55-57(47-22-21-35-13-5-9-17-39(35)47)51-26-23-36-14-6-10-18-42(36)51)54-49-41(50(40,3)4)30-34(2)32-46(49)56-58(52-27-24-37-15-7-11-19-43(37)52)53-28-25-38-16-8-12-20-44(38)53/h5-32,47H,1-4H3. The summed E-state index contributed by atoms with van der Waals surface area (Å²) in [7, 11) is -2.77. The van der Waals surface area contributed by atoms with E-state index in [9.17, 15) is 0 Å². The normalized spacial score (nSPS) is 15.7. The molecular formula is C50H41N3O3P2. The maximum Gasteiger partial charge on any atom is 0.318 e. The first-order valence-corrected chi connectivity index (χ1v) is 22.2. The molecule has 0 saturated carbocycles. The zero-order chi connectivity index (χ0) is 39.1. The topological polar surface area (TPSA) is 42.5 Å².